The maximum atomic E-state index is 12.6. The van der Waals surface area contributed by atoms with Gasteiger partial charge in [0, 0.05) is 6.04 Å². The van der Waals surface area contributed by atoms with Gasteiger partial charge in [0.2, 0.25) is 10.0 Å². The van der Waals surface area contributed by atoms with Crippen molar-refractivity contribution in [1.29, 1.82) is 0 Å². The fourth-order valence-corrected chi connectivity index (χ4v) is 7.58. The highest BCUT2D eigenvalue weighted by Gasteiger charge is 2.35. The summed E-state index contributed by atoms with van der Waals surface area (Å²) < 4.78 is 28.0. The lowest BCUT2D eigenvalue weighted by Gasteiger charge is -2.37. The fourth-order valence-electron chi connectivity index (χ4n) is 2.83. The van der Waals surface area contributed by atoms with Crippen LogP contribution in [-0.2, 0) is 10.0 Å². The first-order chi connectivity index (χ1) is 11.9. The number of thioether (sulfide) groups is 2. The number of hydrogen-bond donors (Lipinski definition) is 2. The standard InChI is InChI=1S/C18H27NO3S3/c1-15-6-8-17(9-7-15)25(21,22)19-16(2)14-18(10-3-4-11-20)23-12-5-13-24-18/h3-4,6-9,16,19-20H,5,10-14H2,1-2H3/b4-3-/t16-/m1/s1. The lowest BCUT2D eigenvalue weighted by atomic mass is 10.1. The van der Waals surface area contributed by atoms with Gasteiger partial charge in [-0.1, -0.05) is 29.8 Å². The SMILES string of the molecule is Cc1ccc(S(=O)(=O)N[C@H](C)CC2(C/C=C\CO)SCCCS2)cc1. The van der Waals surface area contributed by atoms with E-state index in [1.54, 1.807) is 18.2 Å². The Morgan fingerprint density at radius 3 is 2.48 bits per heavy atom. The van der Waals surface area contributed by atoms with Gasteiger partial charge in [-0.2, -0.15) is 0 Å². The minimum atomic E-state index is -3.51. The second-order valence-corrected chi connectivity index (χ2v) is 11.3. The van der Waals surface area contributed by atoms with Gasteiger partial charge in [0.25, 0.3) is 0 Å². The average molecular weight is 402 g/mol. The van der Waals surface area contributed by atoms with Crippen LogP contribution in [0, 0.1) is 6.92 Å². The molecule has 0 aliphatic carbocycles. The Hall–Kier alpha value is -0.470. The summed E-state index contributed by atoms with van der Waals surface area (Å²) in [6.45, 7) is 3.91. The van der Waals surface area contributed by atoms with E-state index in [-0.39, 0.29) is 16.7 Å². The van der Waals surface area contributed by atoms with Crippen LogP contribution < -0.4 is 4.72 Å². The van der Waals surface area contributed by atoms with E-state index in [1.807, 2.05) is 55.6 Å². The molecule has 0 saturated carbocycles. The molecule has 1 atom stereocenters. The van der Waals surface area contributed by atoms with E-state index >= 15 is 0 Å². The first-order valence-electron chi connectivity index (χ1n) is 8.50. The van der Waals surface area contributed by atoms with Gasteiger partial charge in [-0.25, -0.2) is 13.1 Å². The number of hydrogen-bond acceptors (Lipinski definition) is 5. The molecule has 0 amide bonds. The molecule has 7 heteroatoms. The minimum Gasteiger partial charge on any atom is -0.392 e. The predicted molar refractivity (Wildman–Crippen MR) is 109 cm³/mol. The van der Waals surface area contributed by atoms with Gasteiger partial charge in [-0.3, -0.25) is 0 Å². The van der Waals surface area contributed by atoms with E-state index in [2.05, 4.69) is 4.72 Å². The van der Waals surface area contributed by atoms with Gasteiger partial charge < -0.3 is 5.11 Å². The molecule has 1 saturated heterocycles. The number of aryl methyl sites for hydroxylation is 1. The van der Waals surface area contributed by atoms with Crippen LogP contribution in [0.3, 0.4) is 0 Å². The third kappa shape index (κ3) is 6.32. The predicted octanol–water partition coefficient (Wildman–Crippen LogP) is 3.56. The van der Waals surface area contributed by atoms with Crippen LogP contribution in [0.2, 0.25) is 0 Å². The summed E-state index contributed by atoms with van der Waals surface area (Å²) >= 11 is 3.82. The van der Waals surface area contributed by atoms with Gasteiger partial charge in [-0.05, 0) is 56.7 Å². The molecule has 0 radical (unpaired) electrons. The number of allylic oxidation sites excluding steroid dienone is 1. The number of sulfonamides is 1. The number of aliphatic hydroxyl groups is 1. The van der Waals surface area contributed by atoms with Crippen molar-refractivity contribution in [2.45, 2.75) is 48.1 Å². The monoisotopic (exact) mass is 401 g/mol. The van der Waals surface area contributed by atoms with E-state index in [9.17, 15) is 8.42 Å². The van der Waals surface area contributed by atoms with Crippen molar-refractivity contribution in [1.82, 2.24) is 4.72 Å². The summed E-state index contributed by atoms with van der Waals surface area (Å²) in [5.41, 5.74) is 1.04. The highest BCUT2D eigenvalue weighted by molar-refractivity contribution is 8.18. The van der Waals surface area contributed by atoms with Crippen LogP contribution in [0.25, 0.3) is 0 Å². The quantitative estimate of drug-likeness (QED) is 0.652. The summed E-state index contributed by atoms with van der Waals surface area (Å²) in [6.07, 6.45) is 6.54. The van der Waals surface area contributed by atoms with Gasteiger partial charge in [0.05, 0.1) is 15.6 Å². The molecule has 0 bridgehead atoms. The molecule has 1 aromatic rings. The van der Waals surface area contributed by atoms with Gasteiger partial charge >= 0.3 is 0 Å². The molecular formula is C18H27NO3S3. The third-order valence-corrected chi connectivity index (χ3v) is 9.04. The lowest BCUT2D eigenvalue weighted by molar-refractivity contribution is 0.342. The molecule has 2 N–H and O–H groups in total. The Bertz CT molecular complexity index is 665. The van der Waals surface area contributed by atoms with Crippen molar-refractivity contribution in [2.24, 2.45) is 0 Å². The summed E-state index contributed by atoms with van der Waals surface area (Å²) in [5, 5.41) is 8.97. The summed E-state index contributed by atoms with van der Waals surface area (Å²) in [5.74, 6) is 2.19. The summed E-state index contributed by atoms with van der Waals surface area (Å²) in [4.78, 5) is 0.308. The molecule has 140 valence electrons. The highest BCUT2D eigenvalue weighted by Crippen LogP contribution is 2.48. The zero-order valence-electron chi connectivity index (χ0n) is 14.8. The van der Waals surface area contributed by atoms with Crippen molar-refractivity contribution in [3.8, 4) is 0 Å². The van der Waals surface area contributed by atoms with Crippen molar-refractivity contribution in [3.63, 3.8) is 0 Å². The zero-order chi connectivity index (χ0) is 18.3. The van der Waals surface area contributed by atoms with Crippen LogP contribution in [0.1, 0.15) is 31.7 Å². The summed E-state index contributed by atoms with van der Waals surface area (Å²) in [7, 11) is -3.51. The van der Waals surface area contributed by atoms with Gasteiger partial charge in [0.1, 0.15) is 0 Å². The van der Waals surface area contributed by atoms with E-state index in [0.717, 1.165) is 29.9 Å². The van der Waals surface area contributed by atoms with E-state index in [4.69, 9.17) is 5.11 Å². The first-order valence-corrected chi connectivity index (χ1v) is 12.0. The number of rotatable bonds is 8. The minimum absolute atomic E-state index is 0.0286. The molecule has 0 aromatic heterocycles. The van der Waals surface area contributed by atoms with Crippen molar-refractivity contribution >= 4 is 33.5 Å². The number of benzene rings is 1. The van der Waals surface area contributed by atoms with Crippen molar-refractivity contribution in [2.75, 3.05) is 18.1 Å². The Morgan fingerprint density at radius 2 is 1.88 bits per heavy atom. The molecule has 2 rings (SSSR count). The molecule has 4 nitrogen and oxygen atoms in total. The smallest absolute Gasteiger partial charge is 0.240 e. The molecule has 25 heavy (non-hydrogen) atoms. The average Bonchev–Trinajstić information content (AvgIpc) is 2.55. The second-order valence-electron chi connectivity index (χ2n) is 6.36. The van der Waals surface area contributed by atoms with Crippen LogP contribution in [0.4, 0.5) is 0 Å². The number of aliphatic hydroxyl groups excluding tert-OH is 1. The van der Waals surface area contributed by atoms with Crippen molar-refractivity contribution in [3.05, 3.63) is 42.0 Å². The number of nitrogens with one attached hydrogen (secondary N) is 1. The van der Waals surface area contributed by atoms with Crippen molar-refractivity contribution < 1.29 is 13.5 Å². The normalized spacial score (nSPS) is 19.2. The Kier molecular flexibility index (Phi) is 7.89. The topological polar surface area (TPSA) is 66.4 Å². The second kappa shape index (κ2) is 9.46. The van der Waals surface area contributed by atoms with Crippen LogP contribution in [0.5, 0.6) is 0 Å². The van der Waals surface area contributed by atoms with Gasteiger partial charge in [-0.15, -0.1) is 23.5 Å². The van der Waals surface area contributed by atoms with E-state index in [0.29, 0.717) is 4.90 Å². The maximum Gasteiger partial charge on any atom is 0.240 e. The molecule has 0 unspecified atom stereocenters. The lowest BCUT2D eigenvalue weighted by Crippen LogP contribution is -2.39. The molecule has 1 aliphatic heterocycles. The van der Waals surface area contributed by atoms with Crippen LogP contribution in [0.15, 0.2) is 41.3 Å². The highest BCUT2D eigenvalue weighted by atomic mass is 32.2. The van der Waals surface area contributed by atoms with Crippen LogP contribution in [-0.4, -0.2) is 41.8 Å². The molecule has 0 spiro atoms. The molecule has 1 aromatic carbocycles. The maximum absolute atomic E-state index is 12.6. The first kappa shape index (κ1) is 20.8. The summed E-state index contributed by atoms with van der Waals surface area (Å²) in [6, 6.07) is 6.76. The Balaban J connectivity index is 2.05. The molecular weight excluding hydrogens is 374 g/mol. The molecule has 1 heterocycles. The Morgan fingerprint density at radius 1 is 1.24 bits per heavy atom. The largest absolute Gasteiger partial charge is 0.392 e. The van der Waals surface area contributed by atoms with Crippen LogP contribution >= 0.6 is 23.5 Å². The molecule has 1 fully saturated rings. The fraction of sp³-hybridized carbons (Fsp3) is 0.556. The molecule has 1 aliphatic rings. The van der Waals surface area contributed by atoms with E-state index in [1.165, 1.54) is 6.42 Å². The third-order valence-electron chi connectivity index (χ3n) is 4.02. The zero-order valence-corrected chi connectivity index (χ0v) is 17.2. The van der Waals surface area contributed by atoms with E-state index < -0.39 is 10.0 Å². The Labute approximate surface area is 159 Å². The van der Waals surface area contributed by atoms with Gasteiger partial charge in [0.15, 0.2) is 0 Å².